The van der Waals surface area contributed by atoms with Crippen molar-refractivity contribution in [2.45, 2.75) is 111 Å². The number of nitrogens with zero attached hydrogens (tertiary/aromatic N) is 1. The second-order valence-electron chi connectivity index (χ2n) is 11.6. The van der Waals surface area contributed by atoms with Crippen LogP contribution in [0.2, 0.25) is 0 Å². The van der Waals surface area contributed by atoms with Crippen LogP contribution in [0.1, 0.15) is 93.7 Å². The lowest BCUT2D eigenvalue weighted by Crippen LogP contribution is -2.57. The van der Waals surface area contributed by atoms with Gasteiger partial charge in [-0.15, -0.1) is 0 Å². The molecule has 8 nitrogen and oxygen atoms in total. The number of amides is 3. The van der Waals surface area contributed by atoms with Crippen LogP contribution < -0.4 is 10.6 Å². The number of hydrogen-bond acceptors (Lipinski definition) is 5. The molecule has 0 saturated carbocycles. The van der Waals surface area contributed by atoms with Crippen molar-refractivity contribution in [3.05, 3.63) is 29.8 Å². The van der Waals surface area contributed by atoms with Crippen molar-refractivity contribution in [2.75, 3.05) is 0 Å². The Labute approximate surface area is 210 Å². The molecule has 8 heteroatoms. The van der Waals surface area contributed by atoms with Gasteiger partial charge in [0.05, 0.1) is 0 Å². The van der Waals surface area contributed by atoms with E-state index in [9.17, 15) is 19.5 Å². The van der Waals surface area contributed by atoms with Gasteiger partial charge in [0.2, 0.25) is 11.8 Å². The van der Waals surface area contributed by atoms with Crippen molar-refractivity contribution in [2.24, 2.45) is 5.92 Å². The summed E-state index contributed by atoms with van der Waals surface area (Å²) in [7, 11) is 0. The van der Waals surface area contributed by atoms with E-state index in [1.54, 1.807) is 37.8 Å². The zero-order valence-corrected chi connectivity index (χ0v) is 23.1. The molecule has 0 aliphatic carbocycles. The summed E-state index contributed by atoms with van der Waals surface area (Å²) < 4.78 is 5.41. The Morgan fingerprint density at radius 3 is 1.97 bits per heavy atom. The number of benzene rings is 1. The monoisotopic (exact) mass is 491 g/mol. The molecule has 0 heterocycles. The Bertz CT molecular complexity index is 853. The molecular formula is C27H45N3O5. The van der Waals surface area contributed by atoms with Gasteiger partial charge in [-0.1, -0.05) is 32.9 Å². The maximum Gasteiger partial charge on any atom is 0.408 e. The quantitative estimate of drug-likeness (QED) is 0.455. The van der Waals surface area contributed by atoms with Gasteiger partial charge in [-0.05, 0) is 84.9 Å². The highest BCUT2D eigenvalue weighted by Gasteiger charge is 2.39. The van der Waals surface area contributed by atoms with E-state index in [0.29, 0.717) is 18.4 Å². The minimum atomic E-state index is -0.952. The van der Waals surface area contributed by atoms with Crippen LogP contribution in [0.3, 0.4) is 0 Å². The lowest BCUT2D eigenvalue weighted by Gasteiger charge is -2.39. The van der Waals surface area contributed by atoms with Gasteiger partial charge in [0.15, 0.2) is 0 Å². The molecule has 3 N–H and O–H groups in total. The number of aromatic hydroxyl groups is 1. The van der Waals surface area contributed by atoms with E-state index in [4.69, 9.17) is 4.74 Å². The highest BCUT2D eigenvalue weighted by molar-refractivity contribution is 5.92. The first-order chi connectivity index (χ1) is 15.9. The standard InChI is InChI=1S/C27H45N3O5/c1-11-18(4)30(24(33)21(16-17(2)3)28-25(34)35-27(8,9)10)22(23(32)29-26(5,6)7)19-12-14-20(31)15-13-19/h12-15,17-18,21-22,31H,11,16H2,1-10H3,(H,28,34)(H,29,32). The minimum Gasteiger partial charge on any atom is -0.508 e. The highest BCUT2D eigenvalue weighted by atomic mass is 16.6. The van der Waals surface area contributed by atoms with Crippen LogP contribution in [-0.4, -0.2) is 51.1 Å². The van der Waals surface area contributed by atoms with Crippen molar-refractivity contribution >= 4 is 17.9 Å². The molecule has 3 atom stereocenters. The Kier molecular flexibility index (Phi) is 10.6. The van der Waals surface area contributed by atoms with Crippen LogP contribution in [0.25, 0.3) is 0 Å². The fourth-order valence-electron chi connectivity index (χ4n) is 3.65. The molecule has 0 radical (unpaired) electrons. The van der Waals surface area contributed by atoms with Crippen LogP contribution in [-0.2, 0) is 14.3 Å². The molecule has 0 spiro atoms. The molecule has 0 bridgehead atoms. The van der Waals surface area contributed by atoms with Crippen LogP contribution in [0.4, 0.5) is 4.79 Å². The van der Waals surface area contributed by atoms with Crippen molar-refractivity contribution in [1.29, 1.82) is 0 Å². The van der Waals surface area contributed by atoms with Crippen LogP contribution in [0, 0.1) is 5.92 Å². The number of ether oxygens (including phenoxy) is 1. The van der Waals surface area contributed by atoms with Crippen LogP contribution in [0.15, 0.2) is 24.3 Å². The zero-order chi connectivity index (χ0) is 27.1. The van der Waals surface area contributed by atoms with E-state index in [1.807, 2.05) is 48.5 Å². The van der Waals surface area contributed by atoms with E-state index < -0.39 is 29.3 Å². The third kappa shape index (κ3) is 10.2. The number of rotatable bonds is 9. The average molecular weight is 492 g/mol. The summed E-state index contributed by atoms with van der Waals surface area (Å²) in [5.41, 5.74) is -0.672. The Hall–Kier alpha value is -2.77. The lowest BCUT2D eigenvalue weighted by atomic mass is 9.96. The Morgan fingerprint density at radius 1 is 1.00 bits per heavy atom. The maximum absolute atomic E-state index is 14.1. The van der Waals surface area contributed by atoms with Crippen LogP contribution in [0.5, 0.6) is 5.75 Å². The number of hydrogen-bond donors (Lipinski definition) is 3. The third-order valence-corrected chi connectivity index (χ3v) is 5.25. The number of carbonyl (C=O) groups is 3. The van der Waals surface area contributed by atoms with Gasteiger partial charge >= 0.3 is 6.09 Å². The van der Waals surface area contributed by atoms with E-state index in [1.165, 1.54) is 12.1 Å². The number of phenolic OH excluding ortho intramolecular Hbond substituents is 1. The number of carbonyl (C=O) groups excluding carboxylic acids is 3. The summed E-state index contributed by atoms with van der Waals surface area (Å²) in [5.74, 6) is -0.527. The van der Waals surface area contributed by atoms with Gasteiger partial charge in [-0.3, -0.25) is 9.59 Å². The molecule has 0 aliphatic rings. The SMILES string of the molecule is CCC(C)N(C(=O)C(CC(C)C)NC(=O)OC(C)(C)C)C(C(=O)NC(C)(C)C)c1ccc(O)cc1. The van der Waals surface area contributed by atoms with Crippen LogP contribution >= 0.6 is 0 Å². The van der Waals surface area contributed by atoms with Crippen molar-refractivity contribution in [3.8, 4) is 5.75 Å². The average Bonchev–Trinajstić information content (AvgIpc) is 2.68. The topological polar surface area (TPSA) is 108 Å². The Morgan fingerprint density at radius 2 is 1.54 bits per heavy atom. The fourth-order valence-corrected chi connectivity index (χ4v) is 3.65. The van der Waals surface area contributed by atoms with Crippen molar-refractivity contribution in [3.63, 3.8) is 0 Å². The summed E-state index contributed by atoms with van der Waals surface area (Å²) in [4.78, 5) is 41.8. The highest BCUT2D eigenvalue weighted by Crippen LogP contribution is 2.29. The minimum absolute atomic E-state index is 0.0643. The molecular weight excluding hydrogens is 446 g/mol. The summed E-state index contributed by atoms with van der Waals surface area (Å²) >= 11 is 0. The van der Waals surface area contributed by atoms with E-state index >= 15 is 0 Å². The van der Waals surface area contributed by atoms with Gasteiger partial charge < -0.3 is 25.4 Å². The van der Waals surface area contributed by atoms with Gasteiger partial charge in [0.1, 0.15) is 23.4 Å². The normalized spacial score (nSPS) is 14.6. The first-order valence-corrected chi connectivity index (χ1v) is 12.4. The molecule has 35 heavy (non-hydrogen) atoms. The van der Waals surface area contributed by atoms with Gasteiger partial charge in [-0.2, -0.15) is 0 Å². The number of alkyl carbamates (subject to hydrolysis) is 1. The molecule has 1 aromatic carbocycles. The Balaban J connectivity index is 3.54. The molecule has 0 fully saturated rings. The third-order valence-electron chi connectivity index (χ3n) is 5.25. The number of nitrogens with one attached hydrogen (secondary N) is 2. The van der Waals surface area contributed by atoms with Gasteiger partial charge in [0.25, 0.3) is 0 Å². The molecule has 0 aliphatic heterocycles. The number of phenols is 1. The van der Waals surface area contributed by atoms with Gasteiger partial charge in [-0.25, -0.2) is 4.79 Å². The molecule has 3 unspecified atom stereocenters. The molecule has 1 rings (SSSR count). The summed E-state index contributed by atoms with van der Waals surface area (Å²) in [6.07, 6.45) is 0.305. The largest absolute Gasteiger partial charge is 0.508 e. The predicted octanol–water partition coefficient (Wildman–Crippen LogP) is 4.91. The van der Waals surface area contributed by atoms with E-state index in [0.717, 1.165) is 0 Å². The van der Waals surface area contributed by atoms with Crippen molar-refractivity contribution in [1.82, 2.24) is 15.5 Å². The molecule has 3 amide bonds. The summed E-state index contributed by atoms with van der Waals surface area (Å²) in [5, 5.41) is 15.5. The summed E-state index contributed by atoms with van der Waals surface area (Å²) in [6, 6.07) is 4.15. The molecule has 198 valence electrons. The predicted molar refractivity (Wildman–Crippen MR) is 138 cm³/mol. The van der Waals surface area contributed by atoms with Gasteiger partial charge in [0, 0.05) is 11.6 Å². The smallest absolute Gasteiger partial charge is 0.408 e. The molecule has 1 aromatic rings. The molecule has 0 saturated heterocycles. The van der Waals surface area contributed by atoms with E-state index in [-0.39, 0.29) is 29.5 Å². The zero-order valence-electron chi connectivity index (χ0n) is 23.1. The lowest BCUT2D eigenvalue weighted by molar-refractivity contribution is -0.146. The second-order valence-corrected chi connectivity index (χ2v) is 11.6. The van der Waals surface area contributed by atoms with E-state index in [2.05, 4.69) is 10.6 Å². The summed E-state index contributed by atoms with van der Waals surface area (Å²) in [6.45, 7) is 18.7. The first kappa shape index (κ1) is 30.3. The molecule has 0 aromatic heterocycles. The van der Waals surface area contributed by atoms with Crippen molar-refractivity contribution < 1.29 is 24.2 Å². The maximum atomic E-state index is 14.1. The second kappa shape index (κ2) is 12.3. The fraction of sp³-hybridized carbons (Fsp3) is 0.667. The first-order valence-electron chi connectivity index (χ1n) is 12.4.